The molecule has 0 saturated carbocycles. The Morgan fingerprint density at radius 3 is 2.38 bits per heavy atom. The maximum Gasteiger partial charge on any atom is 0.373 e. The van der Waals surface area contributed by atoms with Gasteiger partial charge in [-0.3, -0.25) is 0 Å². The second kappa shape index (κ2) is 4.92. The lowest BCUT2D eigenvalue weighted by molar-refractivity contribution is -0.697. The highest BCUT2D eigenvalue weighted by molar-refractivity contribution is 5.44. The van der Waals surface area contributed by atoms with Crippen molar-refractivity contribution in [2.45, 2.75) is 37.1 Å². The molecule has 0 bridgehead atoms. The molecule has 3 heterocycles. The number of halogens is 1. The van der Waals surface area contributed by atoms with E-state index in [-0.39, 0.29) is 41.3 Å². The van der Waals surface area contributed by atoms with Gasteiger partial charge in [0.05, 0.1) is 0 Å². The fourth-order valence-corrected chi connectivity index (χ4v) is 5.31. The van der Waals surface area contributed by atoms with Crippen LogP contribution in [0.25, 0.3) is 0 Å². The molecule has 130 valence electrons. The normalized spacial score (nSPS) is 28.0. The van der Waals surface area contributed by atoms with E-state index in [9.17, 15) is 0 Å². The van der Waals surface area contributed by atoms with Crippen LogP contribution in [-0.4, -0.2) is 16.8 Å². The molecule has 4 atom stereocenters. The highest BCUT2D eigenvalue weighted by atomic mass is 79.9. The van der Waals surface area contributed by atoms with Crippen LogP contribution in [-0.2, 0) is 12.8 Å². The van der Waals surface area contributed by atoms with Crippen molar-refractivity contribution in [1.29, 1.82) is 0 Å². The number of aromatic nitrogens is 2. The van der Waals surface area contributed by atoms with E-state index in [0.29, 0.717) is 0 Å². The zero-order valence-corrected chi connectivity index (χ0v) is 15.6. The fraction of sp³-hybridized carbons (Fsp3) is 0.286. The molecule has 0 unspecified atom stereocenters. The number of fused-ring (bicyclic) bond motifs is 11. The topological polar surface area (TPSA) is 27.3 Å². The molecule has 1 aromatic heterocycles. The Kier molecular flexibility index (Phi) is 2.81. The molecule has 26 heavy (non-hydrogen) atoms. The van der Waals surface area contributed by atoms with Gasteiger partial charge in [0.1, 0.15) is 0 Å². The number of hydrogen-bond acceptors (Lipinski definition) is 2. The van der Waals surface area contributed by atoms with Gasteiger partial charge in [-0.15, -0.1) is 0 Å². The summed E-state index contributed by atoms with van der Waals surface area (Å²) in [6.45, 7) is 0. The van der Waals surface area contributed by atoms with Crippen molar-refractivity contribution >= 4 is 0 Å². The third-order valence-electron chi connectivity index (χ3n) is 6.32. The first-order chi connectivity index (χ1) is 12.4. The number of nitrogens with zero attached hydrogens (tertiary/aromatic N) is 2. The van der Waals surface area contributed by atoms with Crippen LogP contribution in [0.1, 0.15) is 34.3 Å². The van der Waals surface area contributed by atoms with Gasteiger partial charge in [0, 0.05) is 24.0 Å². The monoisotopic (exact) mass is 408 g/mol. The van der Waals surface area contributed by atoms with Crippen molar-refractivity contribution in [3.63, 3.8) is 0 Å². The molecule has 0 fully saturated rings. The van der Waals surface area contributed by atoms with E-state index < -0.39 is 0 Å². The van der Waals surface area contributed by atoms with Crippen LogP contribution < -0.4 is 31.0 Å². The molecule has 0 spiro atoms. The average Bonchev–Trinajstić information content (AvgIpc) is 3.36. The van der Waals surface area contributed by atoms with Gasteiger partial charge in [0.25, 0.3) is 6.33 Å². The first-order valence-corrected chi connectivity index (χ1v) is 9.03. The molecule has 4 aliphatic rings. The molecule has 2 aliphatic heterocycles. The molecule has 7 rings (SSSR count). The molecular weight excluding hydrogens is 392 g/mol. The highest BCUT2D eigenvalue weighted by Gasteiger charge is 2.55. The second-order valence-electron chi connectivity index (χ2n) is 7.55. The Labute approximate surface area is 161 Å². The highest BCUT2D eigenvalue weighted by Crippen LogP contribution is 2.50. The average molecular weight is 409 g/mol. The third-order valence-corrected chi connectivity index (χ3v) is 6.32. The van der Waals surface area contributed by atoms with Gasteiger partial charge in [0.2, 0.25) is 0 Å². The number of rotatable bonds is 0. The lowest BCUT2D eigenvalue weighted by Gasteiger charge is -2.08. The van der Waals surface area contributed by atoms with Crippen LogP contribution in [0.3, 0.4) is 0 Å². The summed E-state index contributed by atoms with van der Waals surface area (Å²) >= 11 is 0. The molecule has 4 nitrogen and oxygen atoms in total. The summed E-state index contributed by atoms with van der Waals surface area (Å²) in [5.41, 5.74) is 5.60. The van der Waals surface area contributed by atoms with Crippen LogP contribution in [0.4, 0.5) is 0 Å². The van der Waals surface area contributed by atoms with Crippen molar-refractivity contribution in [3.05, 3.63) is 77.1 Å². The van der Waals surface area contributed by atoms with Crippen molar-refractivity contribution < 1.29 is 31.0 Å². The molecular formula is C21H17BrN2O2. The van der Waals surface area contributed by atoms with Crippen LogP contribution in [0.5, 0.6) is 11.8 Å². The maximum absolute atomic E-state index is 6.37. The zero-order chi connectivity index (χ0) is 16.1. The molecule has 5 heteroatoms. The van der Waals surface area contributed by atoms with E-state index in [1.54, 1.807) is 0 Å². The predicted octanol–water partition coefficient (Wildman–Crippen LogP) is -0.407. The first-order valence-electron chi connectivity index (χ1n) is 9.03. The van der Waals surface area contributed by atoms with Crippen molar-refractivity contribution in [1.82, 2.24) is 4.57 Å². The number of hydrogen-bond donors (Lipinski definition) is 0. The Balaban J connectivity index is 0.00000137. The van der Waals surface area contributed by atoms with Gasteiger partial charge in [-0.1, -0.05) is 48.5 Å². The summed E-state index contributed by atoms with van der Waals surface area (Å²) in [6, 6.07) is 18.0. The number of benzene rings is 2. The van der Waals surface area contributed by atoms with E-state index in [1.807, 2.05) is 0 Å². The standard InChI is InChI=1S/C21H17N2O2.BrH/c1-3-7-14-12(5-1)9-16-18(14)22-11-23-19-15-8-4-2-6-13(15)10-17(19)25-21(23)20(22)24-16;/h1-8,11,16-19H,9-10H2;1H/q+1;/p-1/t16-,17-,18+,19+;/m0./s1. The second-order valence-corrected chi connectivity index (χ2v) is 7.55. The van der Waals surface area contributed by atoms with E-state index >= 15 is 0 Å². The Bertz CT molecular complexity index is 978. The van der Waals surface area contributed by atoms with Crippen molar-refractivity contribution in [2.24, 2.45) is 0 Å². The summed E-state index contributed by atoms with van der Waals surface area (Å²) in [5.74, 6) is 1.83. The molecule has 2 aliphatic carbocycles. The molecule has 2 aromatic carbocycles. The summed E-state index contributed by atoms with van der Waals surface area (Å²) in [7, 11) is 0. The van der Waals surface area contributed by atoms with E-state index in [4.69, 9.17) is 9.47 Å². The Morgan fingerprint density at radius 2 is 1.54 bits per heavy atom. The van der Waals surface area contributed by atoms with E-state index in [0.717, 1.165) is 24.6 Å². The third kappa shape index (κ3) is 1.63. The quantitative estimate of drug-likeness (QED) is 0.473. The summed E-state index contributed by atoms with van der Waals surface area (Å²) in [4.78, 5) is 0. The molecule has 0 N–H and O–H groups in total. The SMILES string of the molecule is [Br-].c1ccc2c(c1)C[C@@H]1Oc3c4[n+](cn3[C@H]21)[C@@H]1c2ccccc2C[C@@H]1O4. The maximum atomic E-state index is 6.37. The lowest BCUT2D eigenvalue weighted by atomic mass is 10.1. The molecule has 0 saturated heterocycles. The zero-order valence-electron chi connectivity index (χ0n) is 14.0. The molecule has 0 amide bonds. The molecule has 0 radical (unpaired) electrons. The van der Waals surface area contributed by atoms with Gasteiger partial charge in [-0.05, 0) is 11.1 Å². The van der Waals surface area contributed by atoms with Crippen LogP contribution >= 0.6 is 0 Å². The largest absolute Gasteiger partial charge is 1.00 e. The molecule has 3 aromatic rings. The van der Waals surface area contributed by atoms with Crippen LogP contribution in [0, 0.1) is 0 Å². The minimum atomic E-state index is 0. The van der Waals surface area contributed by atoms with Crippen LogP contribution in [0.15, 0.2) is 54.9 Å². The van der Waals surface area contributed by atoms with Gasteiger partial charge in [0.15, 0.2) is 24.3 Å². The van der Waals surface area contributed by atoms with E-state index in [2.05, 4.69) is 64.0 Å². The summed E-state index contributed by atoms with van der Waals surface area (Å²) in [6.07, 6.45) is 4.60. The minimum absolute atomic E-state index is 0. The van der Waals surface area contributed by atoms with Gasteiger partial charge >= 0.3 is 11.8 Å². The van der Waals surface area contributed by atoms with Gasteiger partial charge in [-0.2, -0.15) is 9.13 Å². The summed E-state index contributed by atoms with van der Waals surface area (Å²) < 4.78 is 17.3. The number of ether oxygens (including phenoxy) is 2. The lowest BCUT2D eigenvalue weighted by Crippen LogP contribution is -3.00. The summed E-state index contributed by atoms with van der Waals surface area (Å²) in [5, 5.41) is 0. The smallest absolute Gasteiger partial charge is 0.373 e. The Morgan fingerprint density at radius 1 is 0.846 bits per heavy atom. The van der Waals surface area contributed by atoms with Crippen molar-refractivity contribution in [2.75, 3.05) is 0 Å². The van der Waals surface area contributed by atoms with E-state index in [1.165, 1.54) is 22.3 Å². The van der Waals surface area contributed by atoms with Crippen LogP contribution in [0.2, 0.25) is 0 Å². The Hall–Kier alpha value is -2.27. The van der Waals surface area contributed by atoms with Gasteiger partial charge in [-0.25, -0.2) is 0 Å². The fourth-order valence-electron chi connectivity index (χ4n) is 5.31. The first kappa shape index (κ1) is 14.9. The van der Waals surface area contributed by atoms with Crippen molar-refractivity contribution in [3.8, 4) is 11.8 Å². The van der Waals surface area contributed by atoms with Gasteiger partial charge < -0.3 is 26.5 Å². The minimum Gasteiger partial charge on any atom is -1.00 e. The predicted molar refractivity (Wildman–Crippen MR) is 90.0 cm³/mol. The number of imidazole rings is 1.